The van der Waals surface area contributed by atoms with E-state index in [1.807, 2.05) is 73.7 Å². The van der Waals surface area contributed by atoms with Crippen LogP contribution in [-0.4, -0.2) is 17.9 Å². The molecule has 1 N–H and O–H groups in total. The molecule has 3 aromatic rings. The van der Waals surface area contributed by atoms with E-state index in [0.29, 0.717) is 5.69 Å². The summed E-state index contributed by atoms with van der Waals surface area (Å²) in [5.74, 6) is -0.380. The van der Waals surface area contributed by atoms with Crippen LogP contribution in [-0.2, 0) is 9.59 Å². The molecule has 1 atom stereocenters. The van der Waals surface area contributed by atoms with Gasteiger partial charge >= 0.3 is 0 Å². The Morgan fingerprint density at radius 3 is 2.40 bits per heavy atom. The van der Waals surface area contributed by atoms with Crippen LogP contribution in [0.2, 0.25) is 0 Å². The Labute approximate surface area is 146 Å². The van der Waals surface area contributed by atoms with Crippen LogP contribution in [0.4, 0.5) is 11.4 Å². The first-order valence-corrected chi connectivity index (χ1v) is 8.30. The van der Waals surface area contributed by atoms with E-state index in [9.17, 15) is 9.59 Å². The Kier molecular flexibility index (Phi) is 3.73. The summed E-state index contributed by atoms with van der Waals surface area (Å²) in [4.78, 5) is 26.3. The summed E-state index contributed by atoms with van der Waals surface area (Å²) in [5, 5.41) is 5.45. The van der Waals surface area contributed by atoms with Gasteiger partial charge < -0.3 is 5.32 Å². The van der Waals surface area contributed by atoms with E-state index in [2.05, 4.69) is 5.32 Å². The van der Waals surface area contributed by atoms with Crippen LogP contribution in [0.5, 0.6) is 0 Å². The SMILES string of the molecule is Cc1ccc(N2C(=O)CC(Nc3ccc4ccccc4c3)C2=O)cc1. The van der Waals surface area contributed by atoms with Crippen molar-refractivity contribution in [1.29, 1.82) is 0 Å². The lowest BCUT2D eigenvalue weighted by atomic mass is 10.1. The van der Waals surface area contributed by atoms with Gasteiger partial charge in [-0.3, -0.25) is 9.59 Å². The highest BCUT2D eigenvalue weighted by atomic mass is 16.2. The zero-order valence-electron chi connectivity index (χ0n) is 13.9. The molecule has 0 spiro atoms. The summed E-state index contributed by atoms with van der Waals surface area (Å²) in [6.07, 6.45) is 0.166. The number of anilines is 2. The number of benzene rings is 3. The number of nitrogens with zero attached hydrogens (tertiary/aromatic N) is 1. The second-order valence-electron chi connectivity index (χ2n) is 6.37. The normalized spacial score (nSPS) is 17.3. The monoisotopic (exact) mass is 330 g/mol. The molecular formula is C21H18N2O2. The molecule has 4 rings (SSSR count). The Morgan fingerprint density at radius 2 is 1.64 bits per heavy atom. The molecule has 0 aromatic heterocycles. The predicted molar refractivity (Wildman–Crippen MR) is 99.6 cm³/mol. The average Bonchev–Trinajstić information content (AvgIpc) is 2.89. The summed E-state index contributed by atoms with van der Waals surface area (Å²) in [7, 11) is 0. The fourth-order valence-corrected chi connectivity index (χ4v) is 3.19. The van der Waals surface area contributed by atoms with E-state index in [0.717, 1.165) is 22.0 Å². The van der Waals surface area contributed by atoms with Gasteiger partial charge in [0, 0.05) is 5.69 Å². The summed E-state index contributed by atoms with van der Waals surface area (Å²) < 4.78 is 0. The first-order chi connectivity index (χ1) is 12.1. The number of hydrogen-bond acceptors (Lipinski definition) is 3. The number of carbonyl (C=O) groups is 2. The molecule has 0 saturated carbocycles. The van der Waals surface area contributed by atoms with Crippen molar-refractivity contribution >= 4 is 34.0 Å². The van der Waals surface area contributed by atoms with E-state index >= 15 is 0 Å². The standard InChI is InChI=1S/C21H18N2O2/c1-14-6-10-18(11-7-14)23-20(24)13-19(21(23)25)22-17-9-8-15-4-2-3-5-16(15)12-17/h2-12,19,22H,13H2,1H3. The molecule has 4 heteroatoms. The summed E-state index contributed by atoms with van der Waals surface area (Å²) >= 11 is 0. The maximum atomic E-state index is 12.7. The zero-order chi connectivity index (χ0) is 17.4. The number of hydrogen-bond donors (Lipinski definition) is 1. The third-order valence-electron chi connectivity index (χ3n) is 4.53. The van der Waals surface area contributed by atoms with Crippen molar-refractivity contribution in [2.75, 3.05) is 10.2 Å². The van der Waals surface area contributed by atoms with Crippen LogP contribution in [0.1, 0.15) is 12.0 Å². The van der Waals surface area contributed by atoms with Gasteiger partial charge in [-0.05, 0) is 42.0 Å². The first-order valence-electron chi connectivity index (χ1n) is 8.30. The molecule has 4 nitrogen and oxygen atoms in total. The lowest BCUT2D eigenvalue weighted by Crippen LogP contribution is -2.34. The van der Waals surface area contributed by atoms with Crippen molar-refractivity contribution in [1.82, 2.24) is 0 Å². The van der Waals surface area contributed by atoms with Crippen LogP contribution in [0.3, 0.4) is 0 Å². The fourth-order valence-electron chi connectivity index (χ4n) is 3.19. The number of nitrogens with one attached hydrogen (secondary N) is 1. The molecule has 0 aliphatic carbocycles. The maximum absolute atomic E-state index is 12.7. The van der Waals surface area contributed by atoms with E-state index in [4.69, 9.17) is 0 Å². The minimum absolute atomic E-state index is 0.166. The lowest BCUT2D eigenvalue weighted by Gasteiger charge is -2.16. The molecule has 1 unspecified atom stereocenters. The highest BCUT2D eigenvalue weighted by Gasteiger charge is 2.39. The van der Waals surface area contributed by atoms with Crippen LogP contribution in [0.15, 0.2) is 66.7 Å². The Morgan fingerprint density at radius 1 is 0.920 bits per heavy atom. The molecule has 3 aromatic carbocycles. The maximum Gasteiger partial charge on any atom is 0.256 e. The molecule has 0 radical (unpaired) electrons. The van der Waals surface area contributed by atoms with Gasteiger partial charge in [-0.25, -0.2) is 4.90 Å². The van der Waals surface area contributed by atoms with Crippen LogP contribution >= 0.6 is 0 Å². The van der Waals surface area contributed by atoms with Crippen LogP contribution < -0.4 is 10.2 Å². The van der Waals surface area contributed by atoms with E-state index in [-0.39, 0.29) is 18.2 Å². The third kappa shape index (κ3) is 2.87. The van der Waals surface area contributed by atoms with Gasteiger partial charge in [0.15, 0.2) is 0 Å². The predicted octanol–water partition coefficient (Wildman–Crippen LogP) is 3.89. The van der Waals surface area contributed by atoms with Crippen LogP contribution in [0, 0.1) is 6.92 Å². The van der Waals surface area contributed by atoms with Gasteiger partial charge in [-0.1, -0.05) is 48.0 Å². The smallest absolute Gasteiger partial charge is 0.256 e. The van der Waals surface area contributed by atoms with Crippen molar-refractivity contribution in [2.45, 2.75) is 19.4 Å². The van der Waals surface area contributed by atoms with Gasteiger partial charge in [-0.2, -0.15) is 0 Å². The quantitative estimate of drug-likeness (QED) is 0.741. The van der Waals surface area contributed by atoms with E-state index < -0.39 is 6.04 Å². The van der Waals surface area contributed by atoms with Crippen LogP contribution in [0.25, 0.3) is 10.8 Å². The van der Waals surface area contributed by atoms with Crippen molar-refractivity contribution in [2.24, 2.45) is 0 Å². The number of imide groups is 1. The van der Waals surface area contributed by atoms with Gasteiger partial charge in [0.25, 0.3) is 5.91 Å². The zero-order valence-corrected chi connectivity index (χ0v) is 13.9. The summed E-state index contributed by atoms with van der Waals surface area (Å²) in [6.45, 7) is 1.97. The summed E-state index contributed by atoms with van der Waals surface area (Å²) in [5.41, 5.74) is 2.56. The molecule has 2 amide bonds. The lowest BCUT2D eigenvalue weighted by molar-refractivity contribution is -0.121. The van der Waals surface area contributed by atoms with Crippen molar-refractivity contribution < 1.29 is 9.59 Å². The van der Waals surface area contributed by atoms with Gasteiger partial charge in [0.2, 0.25) is 5.91 Å². The molecular weight excluding hydrogens is 312 g/mol. The second-order valence-corrected chi connectivity index (χ2v) is 6.37. The molecule has 1 heterocycles. The molecule has 25 heavy (non-hydrogen) atoms. The van der Waals surface area contributed by atoms with Crippen molar-refractivity contribution in [3.05, 3.63) is 72.3 Å². The number of amides is 2. The molecule has 1 saturated heterocycles. The average molecular weight is 330 g/mol. The Balaban J connectivity index is 1.57. The molecule has 124 valence electrons. The fraction of sp³-hybridized carbons (Fsp3) is 0.143. The highest BCUT2D eigenvalue weighted by Crippen LogP contribution is 2.26. The minimum atomic E-state index is -0.532. The van der Waals surface area contributed by atoms with Crippen molar-refractivity contribution in [3.8, 4) is 0 Å². The third-order valence-corrected chi connectivity index (χ3v) is 4.53. The number of aryl methyl sites for hydroxylation is 1. The second kappa shape index (κ2) is 6.06. The Hall–Kier alpha value is -3.14. The van der Waals surface area contributed by atoms with Gasteiger partial charge in [-0.15, -0.1) is 0 Å². The molecule has 1 aliphatic rings. The minimum Gasteiger partial charge on any atom is -0.373 e. The van der Waals surface area contributed by atoms with Gasteiger partial charge in [0.05, 0.1) is 12.1 Å². The number of rotatable bonds is 3. The molecule has 1 fully saturated rings. The topological polar surface area (TPSA) is 49.4 Å². The van der Waals surface area contributed by atoms with Gasteiger partial charge in [0.1, 0.15) is 6.04 Å². The number of fused-ring (bicyclic) bond motifs is 1. The largest absolute Gasteiger partial charge is 0.373 e. The first kappa shape index (κ1) is 15.4. The highest BCUT2D eigenvalue weighted by molar-refractivity contribution is 6.23. The Bertz CT molecular complexity index is 963. The molecule has 1 aliphatic heterocycles. The van der Waals surface area contributed by atoms with E-state index in [1.165, 1.54) is 4.90 Å². The molecule has 0 bridgehead atoms. The van der Waals surface area contributed by atoms with E-state index in [1.54, 1.807) is 0 Å². The summed E-state index contributed by atoms with van der Waals surface area (Å²) in [6, 6.07) is 20.9. The number of carbonyl (C=O) groups excluding carboxylic acids is 2. The van der Waals surface area contributed by atoms with Crippen molar-refractivity contribution in [3.63, 3.8) is 0 Å².